The van der Waals surface area contributed by atoms with Gasteiger partial charge in [-0.1, -0.05) is 18.2 Å². The van der Waals surface area contributed by atoms with Crippen molar-refractivity contribution in [2.24, 2.45) is 0 Å². The molecule has 8 rings (SSSR count). The van der Waals surface area contributed by atoms with Crippen LogP contribution in [-0.4, -0.2) is 66.6 Å². The fourth-order valence-corrected chi connectivity index (χ4v) is 4.73. The van der Waals surface area contributed by atoms with E-state index in [0.717, 1.165) is 11.1 Å². The van der Waals surface area contributed by atoms with Crippen LogP contribution in [0.25, 0.3) is 0 Å². The molecule has 4 bridgehead atoms. The Hall–Kier alpha value is -4.98. The molecule has 0 aliphatic carbocycles. The number of carbonyl (C=O) groups excluding carboxylic acids is 3. The summed E-state index contributed by atoms with van der Waals surface area (Å²) < 4.78 is 17.3. The first-order valence-electron chi connectivity index (χ1n) is 12.9. The summed E-state index contributed by atoms with van der Waals surface area (Å²) in [6.07, 6.45) is 1.64. The predicted octanol–water partition coefficient (Wildman–Crippen LogP) is 1.92. The molecule has 0 saturated carbocycles. The van der Waals surface area contributed by atoms with E-state index in [1.54, 1.807) is 29.2 Å². The molecule has 1 fully saturated rings. The number of ether oxygens (including phenoxy) is 3. The van der Waals surface area contributed by atoms with Crippen LogP contribution in [0.4, 0.5) is 0 Å². The fraction of sp³-hybridized carbons (Fsp3) is 0.310. The first-order valence-corrected chi connectivity index (χ1v) is 12.9. The molecule has 5 aliphatic rings. The van der Waals surface area contributed by atoms with Crippen molar-refractivity contribution in [3.63, 3.8) is 0 Å². The lowest BCUT2D eigenvalue weighted by Gasteiger charge is -2.21. The standard InChI is InChI=1S/C29H29N5O6/c1-38-25-11-18-4-8-24(25)39-17-28(36)32-13-19-2-6-21(7-3-19)40-26-16-34(15-23(26)33-27(35)9-5-18)29(37)22-10-20(12-30)14-31-22/h2-4,6-8,10-11,14,23,26,31H,5,9,13,15-17H2,1H3,(H,32,36)(H,33,35)/t23-,26-/m0/s1. The van der Waals surface area contributed by atoms with E-state index < -0.39 is 12.1 Å². The average Bonchev–Trinajstić information content (AvgIpc) is 3.61. The fourth-order valence-electron chi connectivity index (χ4n) is 4.73. The number of hydrogen-bond acceptors (Lipinski definition) is 7. The molecule has 1 aromatic heterocycles. The first kappa shape index (κ1) is 26.6. The predicted molar refractivity (Wildman–Crippen MR) is 143 cm³/mol. The van der Waals surface area contributed by atoms with Gasteiger partial charge < -0.3 is 34.7 Å². The maximum absolute atomic E-state index is 13.1. The first-order chi connectivity index (χ1) is 19.4. The van der Waals surface area contributed by atoms with Gasteiger partial charge in [-0.2, -0.15) is 5.26 Å². The molecule has 0 radical (unpaired) electrons. The van der Waals surface area contributed by atoms with E-state index in [0.29, 0.717) is 41.5 Å². The molecule has 11 nitrogen and oxygen atoms in total. The Morgan fingerprint density at radius 2 is 1.85 bits per heavy atom. The van der Waals surface area contributed by atoms with Crippen LogP contribution in [0.15, 0.2) is 54.7 Å². The highest BCUT2D eigenvalue weighted by atomic mass is 16.5. The van der Waals surface area contributed by atoms with Crippen molar-refractivity contribution in [1.29, 1.82) is 5.26 Å². The molecular formula is C29H29N5O6. The zero-order chi connectivity index (χ0) is 28.1. The van der Waals surface area contributed by atoms with E-state index in [-0.39, 0.29) is 43.8 Å². The lowest BCUT2D eigenvalue weighted by Crippen LogP contribution is -2.45. The number of amides is 3. The molecule has 1 saturated heterocycles. The highest BCUT2D eigenvalue weighted by Gasteiger charge is 2.38. The third-order valence-corrected chi connectivity index (χ3v) is 6.87. The number of nitrogens with one attached hydrogen (secondary N) is 3. The molecule has 3 amide bonds. The van der Waals surface area contributed by atoms with Crippen LogP contribution in [0.3, 0.4) is 0 Å². The minimum absolute atomic E-state index is 0.169. The maximum Gasteiger partial charge on any atom is 0.270 e. The van der Waals surface area contributed by atoms with E-state index in [2.05, 4.69) is 15.6 Å². The van der Waals surface area contributed by atoms with Crippen molar-refractivity contribution in [3.05, 3.63) is 77.1 Å². The number of nitriles is 1. The molecule has 5 aliphatic heterocycles. The van der Waals surface area contributed by atoms with Gasteiger partial charge in [0.25, 0.3) is 11.8 Å². The highest BCUT2D eigenvalue weighted by Crippen LogP contribution is 2.29. The Labute approximate surface area is 231 Å². The molecule has 206 valence electrons. The van der Waals surface area contributed by atoms with Gasteiger partial charge in [-0.15, -0.1) is 0 Å². The second kappa shape index (κ2) is 11.8. The summed E-state index contributed by atoms with van der Waals surface area (Å²) >= 11 is 0. The van der Waals surface area contributed by atoms with Gasteiger partial charge in [0.2, 0.25) is 5.91 Å². The summed E-state index contributed by atoms with van der Waals surface area (Å²) in [5, 5.41) is 15.0. The monoisotopic (exact) mass is 543 g/mol. The Kier molecular flexibility index (Phi) is 7.87. The van der Waals surface area contributed by atoms with Crippen LogP contribution in [0.5, 0.6) is 17.2 Å². The van der Waals surface area contributed by atoms with Gasteiger partial charge in [0, 0.05) is 25.7 Å². The number of aromatic amines is 1. The summed E-state index contributed by atoms with van der Waals surface area (Å²) in [7, 11) is 1.52. The number of carbonyl (C=O) groups is 3. The molecule has 3 N–H and O–H groups in total. The lowest BCUT2D eigenvalue weighted by molar-refractivity contribution is -0.123. The van der Waals surface area contributed by atoms with Crippen molar-refractivity contribution in [2.45, 2.75) is 31.5 Å². The minimum atomic E-state index is -0.494. The van der Waals surface area contributed by atoms with Gasteiger partial charge in [0.15, 0.2) is 18.1 Å². The van der Waals surface area contributed by atoms with Crippen molar-refractivity contribution < 1.29 is 28.6 Å². The van der Waals surface area contributed by atoms with E-state index in [9.17, 15) is 14.4 Å². The van der Waals surface area contributed by atoms with Crippen LogP contribution in [-0.2, 0) is 22.6 Å². The smallest absolute Gasteiger partial charge is 0.270 e. The topological polar surface area (TPSA) is 146 Å². The second-order valence-corrected chi connectivity index (χ2v) is 9.65. The van der Waals surface area contributed by atoms with Crippen LogP contribution >= 0.6 is 0 Å². The number of benzene rings is 2. The highest BCUT2D eigenvalue weighted by molar-refractivity contribution is 5.93. The van der Waals surface area contributed by atoms with Crippen LogP contribution in [0.2, 0.25) is 0 Å². The summed E-state index contributed by atoms with van der Waals surface area (Å²) in [5.41, 5.74) is 2.40. The molecule has 11 heteroatoms. The number of rotatable bonds is 2. The maximum atomic E-state index is 13.1. The van der Waals surface area contributed by atoms with Gasteiger partial charge in [-0.3, -0.25) is 14.4 Å². The van der Waals surface area contributed by atoms with Crippen LogP contribution < -0.4 is 24.8 Å². The van der Waals surface area contributed by atoms with E-state index >= 15 is 0 Å². The molecule has 2 atom stereocenters. The van der Waals surface area contributed by atoms with E-state index in [4.69, 9.17) is 19.5 Å². The summed E-state index contributed by atoms with van der Waals surface area (Å²) in [5.74, 6) is 0.741. The largest absolute Gasteiger partial charge is 0.493 e. The number of H-pyrrole nitrogens is 1. The normalized spacial score (nSPS) is 19.4. The van der Waals surface area contributed by atoms with Crippen LogP contribution in [0, 0.1) is 11.3 Å². The average molecular weight is 544 g/mol. The number of likely N-dealkylation sites (tertiary alicyclic amines) is 1. The van der Waals surface area contributed by atoms with Gasteiger partial charge in [0.05, 0.1) is 25.3 Å². The zero-order valence-electron chi connectivity index (χ0n) is 21.9. The Morgan fingerprint density at radius 1 is 1.05 bits per heavy atom. The minimum Gasteiger partial charge on any atom is -0.493 e. The summed E-state index contributed by atoms with van der Waals surface area (Å²) in [6.45, 7) is 0.642. The molecular weight excluding hydrogens is 514 g/mol. The Bertz CT molecular complexity index is 1440. The Balaban J connectivity index is 1.37. The number of aromatic nitrogens is 1. The van der Waals surface area contributed by atoms with Gasteiger partial charge >= 0.3 is 0 Å². The number of aryl methyl sites for hydroxylation is 1. The molecule has 0 unspecified atom stereocenters. The van der Waals surface area contributed by atoms with Crippen molar-refractivity contribution in [3.8, 4) is 23.3 Å². The summed E-state index contributed by atoms with van der Waals surface area (Å²) in [4.78, 5) is 42.9. The molecule has 6 heterocycles. The second-order valence-electron chi connectivity index (χ2n) is 9.65. The van der Waals surface area contributed by atoms with Crippen molar-refractivity contribution in [1.82, 2.24) is 20.5 Å². The zero-order valence-corrected chi connectivity index (χ0v) is 21.9. The third kappa shape index (κ3) is 6.18. The third-order valence-electron chi connectivity index (χ3n) is 6.87. The van der Waals surface area contributed by atoms with Gasteiger partial charge in [-0.25, -0.2) is 0 Å². The van der Waals surface area contributed by atoms with Gasteiger partial charge in [-0.05, 0) is 47.9 Å². The van der Waals surface area contributed by atoms with Crippen molar-refractivity contribution >= 4 is 17.7 Å². The Morgan fingerprint density at radius 3 is 2.60 bits per heavy atom. The number of hydrogen-bond donors (Lipinski definition) is 3. The number of methoxy groups -OCH3 is 1. The molecule has 40 heavy (non-hydrogen) atoms. The summed E-state index contributed by atoms with van der Waals surface area (Å²) in [6, 6.07) is 15.7. The number of nitrogens with zero attached hydrogens (tertiary/aromatic N) is 2. The van der Waals surface area contributed by atoms with E-state index in [1.165, 1.54) is 19.4 Å². The van der Waals surface area contributed by atoms with Crippen molar-refractivity contribution in [2.75, 3.05) is 26.8 Å². The lowest BCUT2D eigenvalue weighted by atomic mass is 10.1. The molecule has 2 aromatic carbocycles. The van der Waals surface area contributed by atoms with Gasteiger partial charge in [0.1, 0.15) is 23.6 Å². The molecule has 0 spiro atoms. The SMILES string of the molecule is COc1cc2ccc1OCC(=O)NCc1ccc(cc1)O[C@H]1CN(C(=O)c3cc(C#N)c[nH]3)C[C@@H]1NC(=O)CC2. The molecule has 3 aromatic rings. The quantitative estimate of drug-likeness (QED) is 0.448. The van der Waals surface area contributed by atoms with Crippen LogP contribution in [0.1, 0.15) is 33.6 Å². The van der Waals surface area contributed by atoms with E-state index in [1.807, 2.05) is 24.3 Å².